The highest BCUT2D eigenvalue weighted by Gasteiger charge is 1.93. The Hall–Kier alpha value is -0.780. The standard InChI is InChI=1S/C14H24/c1-5-10-14(6-2)12-9-7-8-11-13(3)4/h5-6,11H,1,7-10,12H2,2-4H3/b14-6-. The lowest BCUT2D eigenvalue weighted by molar-refractivity contribution is 0.731. The lowest BCUT2D eigenvalue weighted by atomic mass is 10.0. The summed E-state index contributed by atoms with van der Waals surface area (Å²) in [5.74, 6) is 0. The van der Waals surface area contributed by atoms with Crippen LogP contribution in [0.1, 0.15) is 52.9 Å². The van der Waals surface area contributed by atoms with Gasteiger partial charge in [-0.25, -0.2) is 0 Å². The quantitative estimate of drug-likeness (QED) is 0.392. The second kappa shape index (κ2) is 8.80. The molecule has 0 aromatic heterocycles. The van der Waals surface area contributed by atoms with Crippen LogP contribution in [-0.2, 0) is 0 Å². The van der Waals surface area contributed by atoms with E-state index in [2.05, 4.69) is 39.5 Å². The molecule has 0 aromatic rings. The Bertz CT molecular complexity index is 202. The summed E-state index contributed by atoms with van der Waals surface area (Å²) < 4.78 is 0. The minimum atomic E-state index is 1.05. The van der Waals surface area contributed by atoms with Crippen LogP contribution in [0.3, 0.4) is 0 Å². The lowest BCUT2D eigenvalue weighted by Gasteiger charge is -2.02. The third kappa shape index (κ3) is 7.85. The summed E-state index contributed by atoms with van der Waals surface area (Å²) in [7, 11) is 0. The van der Waals surface area contributed by atoms with Gasteiger partial charge in [-0.1, -0.05) is 29.4 Å². The van der Waals surface area contributed by atoms with E-state index in [4.69, 9.17) is 0 Å². The molecular formula is C14H24. The Balaban J connectivity index is 3.52. The molecular weight excluding hydrogens is 168 g/mol. The average Bonchev–Trinajstić information content (AvgIpc) is 2.15. The normalized spacial score (nSPS) is 11.2. The zero-order valence-corrected chi connectivity index (χ0v) is 9.97. The molecule has 0 saturated carbocycles. The average molecular weight is 192 g/mol. The van der Waals surface area contributed by atoms with Gasteiger partial charge in [0.2, 0.25) is 0 Å². The summed E-state index contributed by atoms with van der Waals surface area (Å²) in [4.78, 5) is 0. The van der Waals surface area contributed by atoms with Crippen molar-refractivity contribution in [1.82, 2.24) is 0 Å². The second-order valence-electron chi connectivity index (χ2n) is 3.97. The summed E-state index contributed by atoms with van der Waals surface area (Å²) in [6.45, 7) is 10.2. The summed E-state index contributed by atoms with van der Waals surface area (Å²) >= 11 is 0. The van der Waals surface area contributed by atoms with Gasteiger partial charge < -0.3 is 0 Å². The van der Waals surface area contributed by atoms with Gasteiger partial charge in [0.05, 0.1) is 0 Å². The predicted octanol–water partition coefficient (Wildman–Crippen LogP) is 5.04. The molecule has 0 aliphatic carbocycles. The predicted molar refractivity (Wildman–Crippen MR) is 66.5 cm³/mol. The van der Waals surface area contributed by atoms with Gasteiger partial charge in [0.25, 0.3) is 0 Å². The molecule has 0 radical (unpaired) electrons. The van der Waals surface area contributed by atoms with Crippen LogP contribution in [0.5, 0.6) is 0 Å². The fraction of sp³-hybridized carbons (Fsp3) is 0.571. The molecule has 0 aliphatic heterocycles. The summed E-state index contributed by atoms with van der Waals surface area (Å²) in [5.41, 5.74) is 2.96. The summed E-state index contributed by atoms with van der Waals surface area (Å²) in [5, 5.41) is 0. The highest BCUT2D eigenvalue weighted by Crippen LogP contribution is 2.13. The minimum absolute atomic E-state index is 1.05. The van der Waals surface area contributed by atoms with Crippen LogP contribution in [-0.4, -0.2) is 0 Å². The van der Waals surface area contributed by atoms with Crippen molar-refractivity contribution < 1.29 is 0 Å². The molecule has 0 fully saturated rings. The van der Waals surface area contributed by atoms with Gasteiger partial charge in [0.15, 0.2) is 0 Å². The van der Waals surface area contributed by atoms with Crippen molar-refractivity contribution in [2.24, 2.45) is 0 Å². The lowest BCUT2D eigenvalue weighted by Crippen LogP contribution is -1.82. The van der Waals surface area contributed by atoms with Crippen molar-refractivity contribution >= 4 is 0 Å². The Kier molecular flexibility index (Phi) is 8.31. The van der Waals surface area contributed by atoms with Gasteiger partial charge in [-0.15, -0.1) is 6.58 Å². The maximum absolute atomic E-state index is 3.77. The zero-order chi connectivity index (χ0) is 10.8. The third-order valence-corrected chi connectivity index (χ3v) is 2.32. The Morgan fingerprint density at radius 3 is 2.43 bits per heavy atom. The highest BCUT2D eigenvalue weighted by atomic mass is 14.0. The Morgan fingerprint density at radius 2 is 1.93 bits per heavy atom. The van der Waals surface area contributed by atoms with E-state index >= 15 is 0 Å². The van der Waals surface area contributed by atoms with Gasteiger partial charge in [-0.3, -0.25) is 0 Å². The SMILES string of the molecule is C=CC/C(=C/C)CCCCC=C(C)C. The molecule has 0 unspecified atom stereocenters. The first kappa shape index (κ1) is 13.2. The van der Waals surface area contributed by atoms with Gasteiger partial charge in [-0.05, 0) is 52.9 Å². The van der Waals surface area contributed by atoms with Crippen LogP contribution in [0.15, 0.2) is 36.0 Å². The van der Waals surface area contributed by atoms with E-state index in [0.29, 0.717) is 0 Å². The number of hydrogen-bond acceptors (Lipinski definition) is 0. The first-order chi connectivity index (χ1) is 6.70. The fourth-order valence-electron chi connectivity index (χ4n) is 1.44. The molecule has 0 rings (SSSR count). The maximum atomic E-state index is 3.77. The van der Waals surface area contributed by atoms with Crippen molar-refractivity contribution in [3.8, 4) is 0 Å². The smallest absolute Gasteiger partial charge is 0.0142 e. The van der Waals surface area contributed by atoms with Crippen molar-refractivity contribution in [2.45, 2.75) is 52.9 Å². The van der Waals surface area contributed by atoms with Crippen molar-refractivity contribution in [2.75, 3.05) is 0 Å². The van der Waals surface area contributed by atoms with Gasteiger partial charge in [0.1, 0.15) is 0 Å². The third-order valence-electron chi connectivity index (χ3n) is 2.32. The maximum Gasteiger partial charge on any atom is -0.0142 e. The van der Waals surface area contributed by atoms with Crippen LogP contribution < -0.4 is 0 Å². The molecule has 80 valence electrons. The number of hydrogen-bond donors (Lipinski definition) is 0. The highest BCUT2D eigenvalue weighted by molar-refractivity contribution is 5.04. The van der Waals surface area contributed by atoms with Crippen molar-refractivity contribution in [1.29, 1.82) is 0 Å². The van der Waals surface area contributed by atoms with Crippen LogP contribution in [0.2, 0.25) is 0 Å². The van der Waals surface area contributed by atoms with Gasteiger partial charge >= 0.3 is 0 Å². The molecule has 0 N–H and O–H groups in total. The van der Waals surface area contributed by atoms with E-state index in [-0.39, 0.29) is 0 Å². The van der Waals surface area contributed by atoms with Crippen LogP contribution in [0, 0.1) is 0 Å². The molecule has 0 nitrogen and oxygen atoms in total. The molecule has 0 heteroatoms. The molecule has 0 heterocycles. The Labute approximate surface area is 89.4 Å². The second-order valence-corrected chi connectivity index (χ2v) is 3.97. The fourth-order valence-corrected chi connectivity index (χ4v) is 1.44. The Morgan fingerprint density at radius 1 is 1.21 bits per heavy atom. The van der Waals surface area contributed by atoms with E-state index in [1.54, 1.807) is 0 Å². The molecule has 0 aromatic carbocycles. The summed E-state index contributed by atoms with van der Waals surface area (Å²) in [6.07, 6.45) is 12.7. The molecule has 0 aliphatic rings. The number of unbranched alkanes of at least 4 members (excludes halogenated alkanes) is 2. The van der Waals surface area contributed by atoms with Gasteiger partial charge in [0, 0.05) is 0 Å². The molecule has 0 atom stereocenters. The molecule has 0 spiro atoms. The topological polar surface area (TPSA) is 0 Å². The van der Waals surface area contributed by atoms with E-state index in [0.717, 1.165) is 6.42 Å². The van der Waals surface area contributed by atoms with Crippen molar-refractivity contribution in [3.05, 3.63) is 36.0 Å². The molecule has 0 amide bonds. The minimum Gasteiger partial charge on any atom is -0.103 e. The molecule has 0 saturated heterocycles. The number of rotatable bonds is 7. The van der Waals surface area contributed by atoms with Crippen LogP contribution in [0.4, 0.5) is 0 Å². The molecule has 0 bridgehead atoms. The van der Waals surface area contributed by atoms with Crippen molar-refractivity contribution in [3.63, 3.8) is 0 Å². The summed E-state index contributed by atoms with van der Waals surface area (Å²) in [6, 6.07) is 0. The first-order valence-corrected chi connectivity index (χ1v) is 5.59. The zero-order valence-electron chi connectivity index (χ0n) is 9.97. The van der Waals surface area contributed by atoms with E-state index < -0.39 is 0 Å². The van der Waals surface area contributed by atoms with E-state index in [1.165, 1.54) is 36.8 Å². The van der Waals surface area contributed by atoms with Crippen LogP contribution in [0.25, 0.3) is 0 Å². The number of allylic oxidation sites excluding steroid dienone is 5. The van der Waals surface area contributed by atoms with Crippen LogP contribution >= 0.6 is 0 Å². The monoisotopic (exact) mass is 192 g/mol. The molecule has 14 heavy (non-hydrogen) atoms. The largest absolute Gasteiger partial charge is 0.103 e. The first-order valence-electron chi connectivity index (χ1n) is 5.59. The van der Waals surface area contributed by atoms with E-state index in [1.807, 2.05) is 6.08 Å². The van der Waals surface area contributed by atoms with E-state index in [9.17, 15) is 0 Å². The van der Waals surface area contributed by atoms with Gasteiger partial charge in [-0.2, -0.15) is 0 Å².